The molecule has 0 aromatic rings. The zero-order valence-corrected chi connectivity index (χ0v) is 6.06. The van der Waals surface area contributed by atoms with Crippen molar-refractivity contribution in [2.45, 2.75) is 25.7 Å². The molecule has 0 bridgehead atoms. The molecule has 0 radical (unpaired) electrons. The van der Waals surface area contributed by atoms with Crippen LogP contribution in [0.5, 0.6) is 0 Å². The minimum absolute atomic E-state index is 1.12. The fourth-order valence-corrected chi connectivity index (χ4v) is 1.51. The Bertz CT molecular complexity index is 191. The highest BCUT2D eigenvalue weighted by Crippen LogP contribution is 2.21. The molecule has 0 fully saturated rings. The van der Waals surface area contributed by atoms with Crippen LogP contribution in [0.2, 0.25) is 0 Å². The van der Waals surface area contributed by atoms with Gasteiger partial charge in [0.25, 0.3) is 0 Å². The Morgan fingerprint density at radius 1 is 1.40 bits per heavy atom. The molecule has 0 saturated heterocycles. The van der Waals surface area contributed by atoms with Crippen LogP contribution in [0.1, 0.15) is 25.7 Å². The monoisotopic (exact) mass is 136 g/mol. The number of hydrogen-bond acceptors (Lipinski definition) is 2. The van der Waals surface area contributed by atoms with Gasteiger partial charge in [0.2, 0.25) is 0 Å². The number of allylic oxidation sites excluding steroid dienone is 2. The van der Waals surface area contributed by atoms with Crippen LogP contribution in [0.4, 0.5) is 0 Å². The first-order valence-corrected chi connectivity index (χ1v) is 3.95. The summed E-state index contributed by atoms with van der Waals surface area (Å²) in [7, 11) is 0. The van der Waals surface area contributed by atoms with Crippen LogP contribution in [0, 0.1) is 0 Å². The Morgan fingerprint density at radius 2 is 2.40 bits per heavy atom. The van der Waals surface area contributed by atoms with Crippen LogP contribution in [0.3, 0.4) is 0 Å². The van der Waals surface area contributed by atoms with E-state index in [1.807, 2.05) is 6.21 Å². The van der Waals surface area contributed by atoms with Gasteiger partial charge in [0.15, 0.2) is 0 Å². The molecule has 2 rings (SSSR count). The second-order valence-electron chi connectivity index (χ2n) is 2.81. The van der Waals surface area contributed by atoms with Gasteiger partial charge in [-0.15, -0.1) is 0 Å². The molecule has 2 aliphatic heterocycles. The molecule has 2 heterocycles. The number of hydrogen-bond donors (Lipinski definition) is 1. The molecule has 2 heteroatoms. The quantitative estimate of drug-likeness (QED) is 0.535. The van der Waals surface area contributed by atoms with Gasteiger partial charge in [0.1, 0.15) is 0 Å². The molecule has 10 heavy (non-hydrogen) atoms. The zero-order valence-electron chi connectivity index (χ0n) is 6.06. The van der Waals surface area contributed by atoms with Gasteiger partial charge in [-0.05, 0) is 25.7 Å². The summed E-state index contributed by atoms with van der Waals surface area (Å²) >= 11 is 0. The highest BCUT2D eigenvalue weighted by atomic mass is 14.9. The summed E-state index contributed by atoms with van der Waals surface area (Å²) in [6, 6.07) is 0. The van der Waals surface area contributed by atoms with Crippen molar-refractivity contribution in [3.05, 3.63) is 11.4 Å². The predicted molar refractivity (Wildman–Crippen MR) is 42.0 cm³/mol. The van der Waals surface area contributed by atoms with E-state index in [0.717, 1.165) is 13.0 Å². The van der Waals surface area contributed by atoms with Crippen LogP contribution in [0.25, 0.3) is 0 Å². The van der Waals surface area contributed by atoms with Crippen molar-refractivity contribution in [1.82, 2.24) is 5.32 Å². The van der Waals surface area contributed by atoms with E-state index in [0.29, 0.717) is 0 Å². The Kier molecular flexibility index (Phi) is 1.46. The minimum atomic E-state index is 1.12. The fraction of sp³-hybridized carbons (Fsp3) is 0.625. The van der Waals surface area contributed by atoms with Gasteiger partial charge in [-0.25, -0.2) is 0 Å². The lowest BCUT2D eigenvalue weighted by Crippen LogP contribution is -2.22. The van der Waals surface area contributed by atoms with Crippen LogP contribution in [0.15, 0.2) is 16.4 Å². The number of nitrogens with one attached hydrogen (secondary N) is 1. The molecule has 2 aliphatic rings. The Balaban J connectivity index is 2.23. The van der Waals surface area contributed by atoms with Crippen LogP contribution in [-0.4, -0.2) is 12.8 Å². The molecule has 0 aromatic carbocycles. The van der Waals surface area contributed by atoms with E-state index in [4.69, 9.17) is 0 Å². The third kappa shape index (κ3) is 0.939. The van der Waals surface area contributed by atoms with E-state index in [9.17, 15) is 0 Å². The van der Waals surface area contributed by atoms with Gasteiger partial charge in [-0.1, -0.05) is 0 Å². The van der Waals surface area contributed by atoms with Crippen molar-refractivity contribution in [3.8, 4) is 0 Å². The molecule has 0 aliphatic carbocycles. The molecule has 0 spiro atoms. The van der Waals surface area contributed by atoms with Crippen molar-refractivity contribution in [1.29, 1.82) is 0 Å². The van der Waals surface area contributed by atoms with E-state index in [1.165, 1.54) is 30.7 Å². The van der Waals surface area contributed by atoms with Crippen molar-refractivity contribution < 1.29 is 0 Å². The molecular weight excluding hydrogens is 124 g/mol. The van der Waals surface area contributed by atoms with Crippen LogP contribution >= 0.6 is 0 Å². The normalized spacial score (nSPS) is 24.0. The Morgan fingerprint density at radius 3 is 3.30 bits per heavy atom. The summed E-state index contributed by atoms with van der Waals surface area (Å²) in [6.07, 6.45) is 6.76. The summed E-state index contributed by atoms with van der Waals surface area (Å²) in [5.74, 6) is 0. The van der Waals surface area contributed by atoms with Gasteiger partial charge in [0.05, 0.1) is 5.70 Å². The van der Waals surface area contributed by atoms with Crippen molar-refractivity contribution in [2.75, 3.05) is 6.54 Å². The van der Waals surface area contributed by atoms with Gasteiger partial charge in [0, 0.05) is 18.5 Å². The smallest absolute Gasteiger partial charge is 0.0589 e. The predicted octanol–water partition coefficient (Wildman–Crippen LogP) is 1.45. The van der Waals surface area contributed by atoms with Gasteiger partial charge in [-0.3, -0.25) is 4.99 Å². The third-order valence-electron chi connectivity index (χ3n) is 2.05. The third-order valence-corrected chi connectivity index (χ3v) is 2.05. The molecule has 0 atom stereocenters. The average Bonchev–Trinajstić information content (AvgIpc) is 2.05. The second-order valence-corrected chi connectivity index (χ2v) is 2.81. The molecule has 54 valence electrons. The van der Waals surface area contributed by atoms with Crippen molar-refractivity contribution in [3.63, 3.8) is 0 Å². The lowest BCUT2D eigenvalue weighted by molar-refractivity contribution is 0.624. The Labute approximate surface area is 61.0 Å². The first-order valence-electron chi connectivity index (χ1n) is 3.95. The van der Waals surface area contributed by atoms with Crippen molar-refractivity contribution in [2.24, 2.45) is 4.99 Å². The van der Waals surface area contributed by atoms with E-state index >= 15 is 0 Å². The highest BCUT2D eigenvalue weighted by Gasteiger charge is 2.12. The van der Waals surface area contributed by atoms with Gasteiger partial charge in [-0.2, -0.15) is 0 Å². The summed E-state index contributed by atoms with van der Waals surface area (Å²) in [5, 5.41) is 3.39. The molecule has 1 N–H and O–H groups in total. The highest BCUT2D eigenvalue weighted by molar-refractivity contribution is 5.61. The summed E-state index contributed by atoms with van der Waals surface area (Å²) in [4.78, 5) is 4.34. The summed E-state index contributed by atoms with van der Waals surface area (Å²) < 4.78 is 0. The Hall–Kier alpha value is -0.790. The lowest BCUT2D eigenvalue weighted by Gasteiger charge is -2.21. The fourth-order valence-electron chi connectivity index (χ4n) is 1.51. The number of aliphatic imine (C=N–C) groups is 1. The minimum Gasteiger partial charge on any atom is -0.387 e. The lowest BCUT2D eigenvalue weighted by atomic mass is 10.1. The SMILES string of the molecule is C1=NC2=C(CC1)NCCC2. The number of nitrogens with zero attached hydrogens (tertiary/aromatic N) is 1. The van der Waals surface area contributed by atoms with Gasteiger partial charge < -0.3 is 5.32 Å². The zero-order chi connectivity index (χ0) is 6.81. The maximum atomic E-state index is 4.34. The molecule has 0 aromatic heterocycles. The van der Waals surface area contributed by atoms with E-state index < -0.39 is 0 Å². The first kappa shape index (κ1) is 5.96. The van der Waals surface area contributed by atoms with Crippen LogP contribution in [-0.2, 0) is 0 Å². The average molecular weight is 136 g/mol. The summed E-state index contributed by atoms with van der Waals surface area (Å²) in [6.45, 7) is 1.15. The standard InChI is InChI=1S/C8H12N2/c1-3-7-8(9-5-1)4-2-6-10-7/h5,10H,1-4,6H2. The van der Waals surface area contributed by atoms with Gasteiger partial charge >= 0.3 is 0 Å². The maximum absolute atomic E-state index is 4.34. The van der Waals surface area contributed by atoms with E-state index in [1.54, 1.807) is 0 Å². The van der Waals surface area contributed by atoms with E-state index in [-0.39, 0.29) is 0 Å². The molecule has 0 unspecified atom stereocenters. The largest absolute Gasteiger partial charge is 0.387 e. The van der Waals surface area contributed by atoms with Crippen LogP contribution < -0.4 is 5.32 Å². The molecular formula is C8H12N2. The second kappa shape index (κ2) is 2.45. The summed E-state index contributed by atoms with van der Waals surface area (Å²) in [5.41, 5.74) is 2.70. The molecule has 0 saturated carbocycles. The van der Waals surface area contributed by atoms with Crippen molar-refractivity contribution >= 4 is 6.21 Å². The number of rotatable bonds is 0. The first-order chi connectivity index (χ1) is 4.97. The molecule has 2 nitrogen and oxygen atoms in total. The topological polar surface area (TPSA) is 24.4 Å². The van der Waals surface area contributed by atoms with E-state index in [2.05, 4.69) is 10.3 Å². The molecule has 0 amide bonds. The maximum Gasteiger partial charge on any atom is 0.0589 e.